The molecule has 1 N–H and O–H groups in total. The monoisotopic (exact) mass is 209 g/mol. The average molecular weight is 209 g/mol. The van der Waals surface area contributed by atoms with Crippen molar-refractivity contribution < 1.29 is 9.52 Å². The molecule has 1 saturated carbocycles. The Morgan fingerprint density at radius 3 is 2.93 bits per heavy atom. The van der Waals surface area contributed by atoms with Crippen molar-refractivity contribution in [3.05, 3.63) is 24.2 Å². The molecule has 1 heterocycles. The van der Waals surface area contributed by atoms with E-state index in [1.165, 1.54) is 0 Å². The Morgan fingerprint density at radius 2 is 2.40 bits per heavy atom. The van der Waals surface area contributed by atoms with E-state index in [1.54, 1.807) is 6.26 Å². The van der Waals surface area contributed by atoms with Gasteiger partial charge in [-0.3, -0.25) is 4.90 Å². The molecule has 84 valence electrons. The van der Waals surface area contributed by atoms with E-state index < -0.39 is 0 Å². The van der Waals surface area contributed by atoms with E-state index in [0.717, 1.165) is 38.1 Å². The topological polar surface area (TPSA) is 36.6 Å². The fourth-order valence-corrected chi connectivity index (χ4v) is 2.41. The summed E-state index contributed by atoms with van der Waals surface area (Å²) >= 11 is 0. The summed E-state index contributed by atoms with van der Waals surface area (Å²) in [6.45, 7) is 3.90. The van der Waals surface area contributed by atoms with Crippen LogP contribution in [0.1, 0.15) is 31.9 Å². The molecule has 1 aromatic rings. The third-order valence-corrected chi connectivity index (χ3v) is 3.26. The van der Waals surface area contributed by atoms with Gasteiger partial charge >= 0.3 is 0 Å². The zero-order valence-corrected chi connectivity index (χ0v) is 9.22. The number of aliphatic hydroxyl groups excluding tert-OH is 1. The normalized spacial score (nSPS) is 26.3. The predicted molar refractivity (Wildman–Crippen MR) is 58.4 cm³/mol. The van der Waals surface area contributed by atoms with Crippen molar-refractivity contribution >= 4 is 0 Å². The van der Waals surface area contributed by atoms with E-state index in [2.05, 4.69) is 11.8 Å². The summed E-state index contributed by atoms with van der Waals surface area (Å²) in [6, 6.07) is 4.22. The first kappa shape index (κ1) is 10.7. The second-order valence-electron chi connectivity index (χ2n) is 4.21. The lowest BCUT2D eigenvalue weighted by molar-refractivity contribution is 0.0653. The number of rotatable bonds is 4. The molecule has 1 fully saturated rings. The number of nitrogens with zero attached hydrogens (tertiary/aromatic N) is 1. The molecule has 0 aromatic carbocycles. The Morgan fingerprint density at radius 1 is 1.53 bits per heavy atom. The molecular weight excluding hydrogens is 190 g/mol. The van der Waals surface area contributed by atoms with Crippen LogP contribution < -0.4 is 0 Å². The van der Waals surface area contributed by atoms with Crippen LogP contribution in [0.3, 0.4) is 0 Å². The van der Waals surface area contributed by atoms with Gasteiger partial charge in [0.25, 0.3) is 0 Å². The summed E-state index contributed by atoms with van der Waals surface area (Å²) in [6.07, 6.45) is 4.74. The van der Waals surface area contributed by atoms with Crippen molar-refractivity contribution in [2.45, 2.75) is 44.9 Å². The summed E-state index contributed by atoms with van der Waals surface area (Å²) in [4.78, 5) is 2.30. The lowest BCUT2D eigenvalue weighted by atomic mass is 10.1. The molecule has 3 nitrogen and oxygen atoms in total. The molecular formula is C12H19NO2. The van der Waals surface area contributed by atoms with Gasteiger partial charge in [-0.1, -0.05) is 6.92 Å². The number of aliphatic hydroxyl groups is 1. The van der Waals surface area contributed by atoms with E-state index in [1.807, 2.05) is 12.1 Å². The highest BCUT2D eigenvalue weighted by Crippen LogP contribution is 2.25. The van der Waals surface area contributed by atoms with E-state index in [9.17, 15) is 5.11 Å². The minimum absolute atomic E-state index is 0.153. The first-order valence-corrected chi connectivity index (χ1v) is 5.75. The standard InChI is InChI=1S/C12H19NO2/c1-2-13(9-10-5-4-8-15-10)11-6-3-7-12(11)14/h4-5,8,11-12,14H,2-3,6-7,9H2,1H3. The smallest absolute Gasteiger partial charge is 0.117 e. The van der Waals surface area contributed by atoms with Crippen molar-refractivity contribution in [3.63, 3.8) is 0 Å². The number of furan rings is 1. The lowest BCUT2D eigenvalue weighted by Crippen LogP contribution is -2.39. The third kappa shape index (κ3) is 2.41. The molecule has 0 amide bonds. The molecule has 2 atom stereocenters. The molecule has 0 radical (unpaired) electrons. The highest BCUT2D eigenvalue weighted by Gasteiger charge is 2.30. The molecule has 15 heavy (non-hydrogen) atoms. The van der Waals surface area contributed by atoms with Gasteiger partial charge in [0.2, 0.25) is 0 Å². The summed E-state index contributed by atoms with van der Waals surface area (Å²) < 4.78 is 5.34. The van der Waals surface area contributed by atoms with Gasteiger partial charge in [-0.15, -0.1) is 0 Å². The van der Waals surface area contributed by atoms with E-state index in [0.29, 0.717) is 6.04 Å². The summed E-state index contributed by atoms with van der Waals surface area (Å²) in [5.74, 6) is 0.982. The van der Waals surface area contributed by atoms with Crippen LogP contribution in [0.4, 0.5) is 0 Å². The molecule has 1 aromatic heterocycles. The number of hydrogen-bond donors (Lipinski definition) is 1. The van der Waals surface area contributed by atoms with Crippen molar-refractivity contribution in [1.82, 2.24) is 4.90 Å². The molecule has 3 heteroatoms. The lowest BCUT2D eigenvalue weighted by Gasteiger charge is -2.28. The van der Waals surface area contributed by atoms with Gasteiger partial charge in [-0.05, 0) is 37.9 Å². The van der Waals surface area contributed by atoms with Crippen LogP contribution in [-0.4, -0.2) is 28.7 Å². The van der Waals surface area contributed by atoms with E-state index >= 15 is 0 Å². The molecule has 1 aliphatic carbocycles. The largest absolute Gasteiger partial charge is 0.468 e. The third-order valence-electron chi connectivity index (χ3n) is 3.26. The second kappa shape index (κ2) is 4.81. The Balaban J connectivity index is 1.97. The second-order valence-corrected chi connectivity index (χ2v) is 4.21. The van der Waals surface area contributed by atoms with Crippen LogP contribution in [0, 0.1) is 0 Å². The predicted octanol–water partition coefficient (Wildman–Crippen LogP) is 2.01. The van der Waals surface area contributed by atoms with Gasteiger partial charge in [0, 0.05) is 6.04 Å². The van der Waals surface area contributed by atoms with Gasteiger partial charge in [-0.2, -0.15) is 0 Å². The minimum atomic E-state index is -0.153. The first-order valence-electron chi connectivity index (χ1n) is 5.75. The van der Waals surface area contributed by atoms with Crippen LogP contribution in [0.5, 0.6) is 0 Å². The van der Waals surface area contributed by atoms with E-state index in [-0.39, 0.29) is 6.10 Å². The van der Waals surface area contributed by atoms with Gasteiger partial charge < -0.3 is 9.52 Å². The average Bonchev–Trinajstić information content (AvgIpc) is 2.85. The van der Waals surface area contributed by atoms with Gasteiger partial charge in [0.15, 0.2) is 0 Å². The van der Waals surface area contributed by atoms with Crippen LogP contribution in [-0.2, 0) is 6.54 Å². The molecule has 2 unspecified atom stereocenters. The number of likely N-dealkylation sites (N-methyl/N-ethyl adjacent to an activating group) is 1. The Kier molecular flexibility index (Phi) is 3.44. The van der Waals surface area contributed by atoms with Crippen molar-refractivity contribution in [2.75, 3.05) is 6.54 Å². The Bertz CT molecular complexity index is 284. The van der Waals surface area contributed by atoms with Crippen molar-refractivity contribution in [2.24, 2.45) is 0 Å². The molecule has 0 saturated heterocycles. The SMILES string of the molecule is CCN(Cc1ccco1)C1CCCC1O. The van der Waals surface area contributed by atoms with Crippen molar-refractivity contribution in [1.29, 1.82) is 0 Å². The molecule has 0 spiro atoms. The van der Waals surface area contributed by atoms with Crippen molar-refractivity contribution in [3.8, 4) is 0 Å². The molecule has 2 rings (SSSR count). The maximum atomic E-state index is 9.85. The molecule has 1 aliphatic rings. The van der Waals surface area contributed by atoms with Gasteiger partial charge in [0.05, 0.1) is 18.9 Å². The Hall–Kier alpha value is -0.800. The van der Waals surface area contributed by atoms with Crippen LogP contribution in [0.15, 0.2) is 22.8 Å². The quantitative estimate of drug-likeness (QED) is 0.824. The first-order chi connectivity index (χ1) is 7.31. The van der Waals surface area contributed by atoms with Crippen LogP contribution in [0.2, 0.25) is 0 Å². The zero-order chi connectivity index (χ0) is 10.7. The summed E-state index contributed by atoms with van der Waals surface area (Å²) in [5.41, 5.74) is 0. The highest BCUT2D eigenvalue weighted by molar-refractivity contribution is 4.99. The maximum absolute atomic E-state index is 9.85. The highest BCUT2D eigenvalue weighted by atomic mass is 16.3. The zero-order valence-electron chi connectivity index (χ0n) is 9.22. The van der Waals surface area contributed by atoms with Gasteiger partial charge in [-0.25, -0.2) is 0 Å². The fraction of sp³-hybridized carbons (Fsp3) is 0.667. The van der Waals surface area contributed by atoms with Gasteiger partial charge in [0.1, 0.15) is 5.76 Å². The maximum Gasteiger partial charge on any atom is 0.117 e. The molecule has 0 bridgehead atoms. The van der Waals surface area contributed by atoms with E-state index in [4.69, 9.17) is 4.42 Å². The summed E-state index contributed by atoms with van der Waals surface area (Å²) in [5, 5.41) is 9.85. The van der Waals surface area contributed by atoms with Crippen LogP contribution in [0.25, 0.3) is 0 Å². The fourth-order valence-electron chi connectivity index (χ4n) is 2.41. The van der Waals surface area contributed by atoms with Crippen LogP contribution >= 0.6 is 0 Å². The number of hydrogen-bond acceptors (Lipinski definition) is 3. The Labute approximate surface area is 90.7 Å². The molecule has 0 aliphatic heterocycles. The minimum Gasteiger partial charge on any atom is -0.468 e. The summed E-state index contributed by atoms with van der Waals surface area (Å²) in [7, 11) is 0.